The quantitative estimate of drug-likeness (QED) is 0.0827. The molecule has 6 heteroatoms. The van der Waals surface area contributed by atoms with E-state index in [0.29, 0.717) is 6.42 Å². The smallest absolute Gasteiger partial charge is 0.305 e. The lowest BCUT2D eigenvalue weighted by Gasteiger charge is -2.40. The Balaban J connectivity index is 2.20. The summed E-state index contributed by atoms with van der Waals surface area (Å²) in [6.07, 6.45) is 12.1. The van der Waals surface area contributed by atoms with E-state index >= 15 is 0 Å². The van der Waals surface area contributed by atoms with Gasteiger partial charge >= 0.3 is 5.97 Å². The number of allylic oxidation sites excluding steroid dienone is 2. The number of methoxy groups -OCH3 is 1. The van der Waals surface area contributed by atoms with Crippen molar-refractivity contribution in [3.8, 4) is 0 Å². The summed E-state index contributed by atoms with van der Waals surface area (Å²) in [5.41, 5.74) is 2.24. The van der Waals surface area contributed by atoms with Crippen molar-refractivity contribution in [1.29, 1.82) is 0 Å². The monoisotopic (exact) mass is 550 g/mol. The van der Waals surface area contributed by atoms with Gasteiger partial charge in [0.05, 0.1) is 19.3 Å². The molecule has 0 heterocycles. The van der Waals surface area contributed by atoms with Gasteiger partial charge < -0.3 is 14.3 Å². The number of hydrogen-bond acceptors (Lipinski definition) is 4. The predicted octanol–water partition coefficient (Wildman–Crippen LogP) is 8.69. The summed E-state index contributed by atoms with van der Waals surface area (Å²) in [6.45, 7) is 13.7. The first kappa shape index (κ1) is 32.1. The number of benzene rings is 1. The molecule has 0 aliphatic heterocycles. The van der Waals surface area contributed by atoms with Crippen molar-refractivity contribution in [2.24, 2.45) is 5.92 Å². The van der Waals surface area contributed by atoms with Crippen molar-refractivity contribution in [3.63, 3.8) is 0 Å². The van der Waals surface area contributed by atoms with Crippen LogP contribution in [-0.2, 0) is 14.0 Å². The normalized spacial score (nSPS) is 23.5. The Morgan fingerprint density at radius 1 is 1.16 bits per heavy atom. The Morgan fingerprint density at radius 2 is 1.84 bits per heavy atom. The lowest BCUT2D eigenvalue weighted by Crippen LogP contribution is -2.44. The highest BCUT2D eigenvalue weighted by Crippen LogP contribution is 2.49. The van der Waals surface area contributed by atoms with Gasteiger partial charge in [-0.1, -0.05) is 83.4 Å². The van der Waals surface area contributed by atoms with Gasteiger partial charge in [0.15, 0.2) is 8.32 Å². The van der Waals surface area contributed by atoms with Gasteiger partial charge in [0.25, 0.3) is 0 Å². The Bertz CT molecular complexity index is 846. The summed E-state index contributed by atoms with van der Waals surface area (Å²) in [7, 11) is -0.543. The second-order valence-corrected chi connectivity index (χ2v) is 17.5. The summed E-state index contributed by atoms with van der Waals surface area (Å²) in [4.78, 5) is 11.4. The van der Waals surface area contributed by atoms with E-state index in [9.17, 15) is 9.90 Å². The van der Waals surface area contributed by atoms with Crippen LogP contribution in [0.25, 0.3) is 0 Å². The highest BCUT2D eigenvalue weighted by Gasteiger charge is 2.48. The summed E-state index contributed by atoms with van der Waals surface area (Å²) < 4.78 is 11.7. The van der Waals surface area contributed by atoms with E-state index in [-0.39, 0.29) is 34.3 Å². The van der Waals surface area contributed by atoms with Gasteiger partial charge in [0, 0.05) is 17.7 Å². The van der Waals surface area contributed by atoms with E-state index in [4.69, 9.17) is 20.8 Å². The molecule has 0 aromatic heterocycles. The fourth-order valence-electron chi connectivity index (χ4n) is 5.01. The van der Waals surface area contributed by atoms with Crippen LogP contribution in [0.2, 0.25) is 18.1 Å². The molecule has 210 valence electrons. The molecule has 1 aliphatic rings. The minimum atomic E-state index is -1.98. The molecule has 1 aromatic carbocycles. The van der Waals surface area contributed by atoms with Crippen LogP contribution >= 0.6 is 11.6 Å². The summed E-state index contributed by atoms with van der Waals surface area (Å²) in [5.74, 6) is 0.325. The standard InChI is InChI=1S/C31H51ClO4Si/c1-8-9-12-16-27(33)23-18-20-24(21-19-23)30-25(15-13-10-11-14-17-29(34)35-5)26(32)22-28(30)36-37(6,7)31(2,3)4/h10,13,18-21,25-28,30,33H,8-9,11-12,14-17,22H2,1-7H3/b13-10-/t25-,26+,27?,28+,30+/m0/s1. The summed E-state index contributed by atoms with van der Waals surface area (Å²) in [5, 5.41) is 10.8. The van der Waals surface area contributed by atoms with E-state index in [1.54, 1.807) is 0 Å². The third kappa shape index (κ3) is 9.52. The van der Waals surface area contributed by atoms with Crippen molar-refractivity contribution < 1.29 is 19.1 Å². The topological polar surface area (TPSA) is 55.8 Å². The second kappa shape index (κ2) is 14.9. The van der Waals surface area contributed by atoms with E-state index in [1.165, 1.54) is 12.7 Å². The molecule has 0 amide bonds. The average molecular weight is 551 g/mol. The summed E-state index contributed by atoms with van der Waals surface area (Å²) in [6, 6.07) is 8.56. The number of halogens is 1. The zero-order chi connectivity index (χ0) is 27.6. The molecule has 0 bridgehead atoms. The highest BCUT2D eigenvalue weighted by atomic mass is 35.5. The van der Waals surface area contributed by atoms with Crippen LogP contribution in [0.3, 0.4) is 0 Å². The van der Waals surface area contributed by atoms with Crippen molar-refractivity contribution >= 4 is 25.9 Å². The molecule has 0 radical (unpaired) electrons. The molecule has 5 atom stereocenters. The van der Waals surface area contributed by atoms with Gasteiger partial charge in [-0.15, -0.1) is 11.6 Å². The molecule has 1 aromatic rings. The minimum Gasteiger partial charge on any atom is -0.469 e. The third-order valence-electron chi connectivity index (χ3n) is 8.38. The first-order valence-corrected chi connectivity index (χ1v) is 17.6. The van der Waals surface area contributed by atoms with Crippen LogP contribution in [0, 0.1) is 5.92 Å². The maximum atomic E-state index is 11.4. The number of alkyl halides is 1. The molecular weight excluding hydrogens is 500 g/mol. The van der Waals surface area contributed by atoms with Crippen LogP contribution < -0.4 is 0 Å². The Morgan fingerprint density at radius 3 is 2.43 bits per heavy atom. The van der Waals surface area contributed by atoms with Gasteiger partial charge in [-0.05, 0) is 67.3 Å². The van der Waals surface area contributed by atoms with Gasteiger partial charge in [0.2, 0.25) is 0 Å². The lowest BCUT2D eigenvalue weighted by molar-refractivity contribution is -0.140. The number of unbranched alkanes of at least 4 members (excludes halogenated alkanes) is 3. The van der Waals surface area contributed by atoms with Gasteiger partial charge in [-0.2, -0.15) is 0 Å². The maximum absolute atomic E-state index is 11.4. The van der Waals surface area contributed by atoms with E-state index < -0.39 is 14.4 Å². The number of hydrogen-bond donors (Lipinski definition) is 1. The first-order chi connectivity index (χ1) is 17.4. The van der Waals surface area contributed by atoms with Crippen LogP contribution in [0.4, 0.5) is 0 Å². The Labute approximate surface area is 232 Å². The molecule has 1 saturated carbocycles. The van der Waals surface area contributed by atoms with Gasteiger partial charge in [-0.25, -0.2) is 0 Å². The summed E-state index contributed by atoms with van der Waals surface area (Å²) >= 11 is 7.01. The van der Waals surface area contributed by atoms with Crippen molar-refractivity contribution in [2.45, 2.75) is 127 Å². The molecule has 1 N–H and O–H groups in total. The number of rotatable bonds is 14. The zero-order valence-electron chi connectivity index (χ0n) is 24.3. The molecule has 0 spiro atoms. The third-order valence-corrected chi connectivity index (χ3v) is 13.4. The number of ether oxygens (including phenoxy) is 1. The van der Waals surface area contributed by atoms with E-state index in [0.717, 1.165) is 56.9 Å². The van der Waals surface area contributed by atoms with Crippen molar-refractivity contribution in [3.05, 3.63) is 47.5 Å². The van der Waals surface area contributed by atoms with Crippen LogP contribution in [-0.4, -0.2) is 38.0 Å². The average Bonchev–Trinajstić information content (AvgIpc) is 3.14. The zero-order valence-corrected chi connectivity index (χ0v) is 26.0. The van der Waals surface area contributed by atoms with Gasteiger partial charge in [0.1, 0.15) is 0 Å². The number of aliphatic hydroxyl groups excluding tert-OH is 1. The second-order valence-electron chi connectivity index (χ2n) is 12.2. The first-order valence-electron chi connectivity index (χ1n) is 14.2. The SMILES string of the molecule is CCCCCC(O)c1ccc([C@@H]2[C@@H](C/C=C\CCCC(=O)OC)[C@H](Cl)C[C@H]2O[Si](C)(C)C(C)(C)C)cc1. The fraction of sp³-hybridized carbons (Fsp3) is 0.710. The van der Waals surface area contributed by atoms with E-state index in [1.807, 2.05) is 0 Å². The Hall–Kier alpha value is -1.14. The highest BCUT2D eigenvalue weighted by molar-refractivity contribution is 6.74. The predicted molar refractivity (Wildman–Crippen MR) is 158 cm³/mol. The molecule has 1 fully saturated rings. The Kier molecular flexibility index (Phi) is 12.9. The number of esters is 1. The lowest BCUT2D eigenvalue weighted by atomic mass is 9.84. The molecule has 4 nitrogen and oxygen atoms in total. The molecule has 1 unspecified atom stereocenters. The van der Waals surface area contributed by atoms with Crippen LogP contribution in [0.1, 0.15) is 109 Å². The fourth-order valence-corrected chi connectivity index (χ4v) is 6.80. The molecule has 0 saturated heterocycles. The molecule has 37 heavy (non-hydrogen) atoms. The van der Waals surface area contributed by atoms with Crippen molar-refractivity contribution in [1.82, 2.24) is 0 Å². The van der Waals surface area contributed by atoms with Crippen LogP contribution in [0.15, 0.2) is 36.4 Å². The maximum Gasteiger partial charge on any atom is 0.305 e. The number of carbonyl (C=O) groups is 1. The van der Waals surface area contributed by atoms with Gasteiger partial charge in [-0.3, -0.25) is 4.79 Å². The van der Waals surface area contributed by atoms with E-state index in [2.05, 4.69) is 77.2 Å². The van der Waals surface area contributed by atoms with Crippen LogP contribution in [0.5, 0.6) is 0 Å². The molecule has 2 rings (SSSR count). The minimum absolute atomic E-state index is 0.0406. The molecular formula is C31H51ClO4Si. The largest absolute Gasteiger partial charge is 0.469 e. The van der Waals surface area contributed by atoms with Crippen molar-refractivity contribution in [2.75, 3.05) is 7.11 Å². The number of carbonyl (C=O) groups excluding carboxylic acids is 1. The molecule has 1 aliphatic carbocycles. The number of aliphatic hydroxyl groups is 1.